The SMILES string of the molecule is COc1ccc(-c2cnc(Nc3cccc(C(=O)N4CCC[C@H]4CO)c3)nc2)cc1. The number of carbonyl (C=O) groups is 1. The summed E-state index contributed by atoms with van der Waals surface area (Å²) in [6.45, 7) is 0.676. The molecule has 0 aliphatic carbocycles. The summed E-state index contributed by atoms with van der Waals surface area (Å²) in [6, 6.07) is 14.9. The van der Waals surface area contributed by atoms with Crippen molar-refractivity contribution in [1.29, 1.82) is 0 Å². The van der Waals surface area contributed by atoms with Crippen molar-refractivity contribution in [2.75, 3.05) is 25.6 Å². The number of likely N-dealkylation sites (tertiary alicyclic amines) is 1. The molecule has 1 aromatic heterocycles. The van der Waals surface area contributed by atoms with Crippen LogP contribution in [0.3, 0.4) is 0 Å². The van der Waals surface area contributed by atoms with Crippen molar-refractivity contribution in [3.05, 3.63) is 66.5 Å². The molecule has 0 saturated carbocycles. The lowest BCUT2D eigenvalue weighted by atomic mass is 10.1. The molecule has 3 aromatic rings. The van der Waals surface area contributed by atoms with Crippen LogP contribution in [0.4, 0.5) is 11.6 Å². The third kappa shape index (κ3) is 4.26. The molecular weight excluding hydrogens is 380 g/mol. The molecule has 1 aliphatic heterocycles. The highest BCUT2D eigenvalue weighted by atomic mass is 16.5. The van der Waals surface area contributed by atoms with E-state index in [1.165, 1.54) is 0 Å². The van der Waals surface area contributed by atoms with Crippen molar-refractivity contribution in [2.45, 2.75) is 18.9 Å². The van der Waals surface area contributed by atoms with Crippen LogP contribution >= 0.6 is 0 Å². The van der Waals surface area contributed by atoms with Crippen LogP contribution in [0, 0.1) is 0 Å². The van der Waals surface area contributed by atoms with E-state index in [-0.39, 0.29) is 18.6 Å². The highest BCUT2D eigenvalue weighted by Crippen LogP contribution is 2.24. The van der Waals surface area contributed by atoms with Gasteiger partial charge in [0.05, 0.1) is 19.8 Å². The van der Waals surface area contributed by atoms with E-state index in [1.54, 1.807) is 36.5 Å². The number of nitrogens with one attached hydrogen (secondary N) is 1. The first-order chi connectivity index (χ1) is 14.7. The van der Waals surface area contributed by atoms with E-state index in [2.05, 4.69) is 15.3 Å². The van der Waals surface area contributed by atoms with Crippen molar-refractivity contribution in [1.82, 2.24) is 14.9 Å². The molecule has 1 atom stereocenters. The normalized spacial score (nSPS) is 15.8. The molecule has 0 radical (unpaired) electrons. The molecule has 2 N–H and O–H groups in total. The Kier molecular flexibility index (Phi) is 5.90. The monoisotopic (exact) mass is 404 g/mol. The van der Waals surface area contributed by atoms with Crippen molar-refractivity contribution in [2.24, 2.45) is 0 Å². The largest absolute Gasteiger partial charge is 0.497 e. The molecule has 7 nitrogen and oxygen atoms in total. The summed E-state index contributed by atoms with van der Waals surface area (Å²) in [5, 5.41) is 12.6. The first-order valence-electron chi connectivity index (χ1n) is 9.93. The average Bonchev–Trinajstić information content (AvgIpc) is 3.28. The number of carbonyl (C=O) groups excluding carboxylic acids is 1. The van der Waals surface area contributed by atoms with Gasteiger partial charge in [-0.1, -0.05) is 18.2 Å². The van der Waals surface area contributed by atoms with Gasteiger partial charge in [0, 0.05) is 35.8 Å². The molecule has 7 heteroatoms. The summed E-state index contributed by atoms with van der Waals surface area (Å²) in [7, 11) is 1.64. The molecule has 1 aliphatic rings. The number of aliphatic hydroxyl groups is 1. The number of aromatic nitrogens is 2. The van der Waals surface area contributed by atoms with Gasteiger partial charge in [-0.2, -0.15) is 0 Å². The molecule has 0 spiro atoms. The number of ether oxygens (including phenoxy) is 1. The molecule has 2 aromatic carbocycles. The zero-order valence-electron chi connectivity index (χ0n) is 16.8. The second-order valence-corrected chi connectivity index (χ2v) is 7.21. The highest BCUT2D eigenvalue weighted by molar-refractivity contribution is 5.95. The lowest BCUT2D eigenvalue weighted by Gasteiger charge is -2.23. The van der Waals surface area contributed by atoms with Crippen LogP contribution < -0.4 is 10.1 Å². The van der Waals surface area contributed by atoms with E-state index < -0.39 is 0 Å². The lowest BCUT2D eigenvalue weighted by molar-refractivity contribution is 0.0677. The zero-order chi connectivity index (χ0) is 20.9. The summed E-state index contributed by atoms with van der Waals surface area (Å²) >= 11 is 0. The van der Waals surface area contributed by atoms with E-state index in [4.69, 9.17) is 4.74 Å². The van der Waals surface area contributed by atoms with Gasteiger partial charge in [0.25, 0.3) is 5.91 Å². The first-order valence-corrected chi connectivity index (χ1v) is 9.93. The third-order valence-electron chi connectivity index (χ3n) is 5.29. The summed E-state index contributed by atoms with van der Waals surface area (Å²) < 4.78 is 5.18. The maximum Gasteiger partial charge on any atom is 0.254 e. The molecule has 1 fully saturated rings. The van der Waals surface area contributed by atoms with Crippen molar-refractivity contribution in [3.8, 4) is 16.9 Å². The zero-order valence-corrected chi connectivity index (χ0v) is 16.8. The van der Waals surface area contributed by atoms with Crippen LogP contribution in [0.2, 0.25) is 0 Å². The third-order valence-corrected chi connectivity index (χ3v) is 5.29. The second kappa shape index (κ2) is 8.92. The van der Waals surface area contributed by atoms with Gasteiger partial charge in [0.2, 0.25) is 5.95 Å². The summed E-state index contributed by atoms with van der Waals surface area (Å²) in [6.07, 6.45) is 5.27. The van der Waals surface area contributed by atoms with E-state index in [1.807, 2.05) is 36.4 Å². The Morgan fingerprint density at radius 3 is 2.63 bits per heavy atom. The maximum absolute atomic E-state index is 12.8. The Morgan fingerprint density at radius 2 is 1.93 bits per heavy atom. The minimum absolute atomic E-state index is 0.00192. The number of nitrogens with zero attached hydrogens (tertiary/aromatic N) is 3. The van der Waals surface area contributed by atoms with Crippen LogP contribution in [-0.2, 0) is 0 Å². The van der Waals surface area contributed by atoms with Crippen LogP contribution in [0.15, 0.2) is 60.9 Å². The Balaban J connectivity index is 1.46. The molecule has 154 valence electrons. The molecule has 2 heterocycles. The smallest absolute Gasteiger partial charge is 0.254 e. The second-order valence-electron chi connectivity index (χ2n) is 7.21. The van der Waals surface area contributed by atoms with Crippen molar-refractivity contribution in [3.63, 3.8) is 0 Å². The quantitative estimate of drug-likeness (QED) is 0.654. The number of hydrogen-bond acceptors (Lipinski definition) is 6. The standard InChI is InChI=1S/C23H24N4O3/c1-30-21-9-7-16(8-10-21)18-13-24-23(25-14-18)26-19-5-2-4-17(12-19)22(29)27-11-3-6-20(27)15-28/h2,4-5,7-10,12-14,20,28H,3,6,11,15H2,1H3,(H,24,25,26)/t20-/m0/s1. The van der Waals surface area contributed by atoms with Gasteiger partial charge in [-0.25, -0.2) is 9.97 Å². The number of aliphatic hydroxyl groups excluding tert-OH is 1. The Morgan fingerprint density at radius 1 is 1.17 bits per heavy atom. The maximum atomic E-state index is 12.8. The fourth-order valence-corrected chi connectivity index (χ4v) is 3.64. The van der Waals surface area contributed by atoms with Gasteiger partial charge >= 0.3 is 0 Å². The van der Waals surface area contributed by atoms with Crippen LogP contribution in [0.25, 0.3) is 11.1 Å². The molecule has 0 unspecified atom stereocenters. The molecule has 1 amide bonds. The summed E-state index contributed by atoms with van der Waals surface area (Å²) in [5.74, 6) is 1.18. The van der Waals surface area contributed by atoms with Gasteiger partial charge in [0.15, 0.2) is 0 Å². The van der Waals surface area contributed by atoms with Gasteiger partial charge in [-0.15, -0.1) is 0 Å². The van der Waals surface area contributed by atoms with Gasteiger partial charge in [-0.05, 0) is 48.7 Å². The fraction of sp³-hybridized carbons (Fsp3) is 0.261. The average molecular weight is 404 g/mol. The van der Waals surface area contributed by atoms with Gasteiger partial charge in [0.1, 0.15) is 5.75 Å². The Labute approximate surface area is 175 Å². The first kappa shape index (κ1) is 19.8. The Bertz CT molecular complexity index is 1010. The topological polar surface area (TPSA) is 87.6 Å². The molecule has 4 rings (SSSR count). The summed E-state index contributed by atoms with van der Waals surface area (Å²) in [5.41, 5.74) is 3.21. The molecule has 30 heavy (non-hydrogen) atoms. The van der Waals surface area contributed by atoms with Gasteiger partial charge < -0.3 is 20.1 Å². The molecule has 0 bridgehead atoms. The minimum Gasteiger partial charge on any atom is -0.497 e. The highest BCUT2D eigenvalue weighted by Gasteiger charge is 2.28. The number of benzene rings is 2. The van der Waals surface area contributed by atoms with Crippen LogP contribution in [0.1, 0.15) is 23.2 Å². The minimum atomic E-state index is -0.0945. The van der Waals surface area contributed by atoms with Crippen molar-refractivity contribution < 1.29 is 14.6 Å². The number of methoxy groups -OCH3 is 1. The number of rotatable bonds is 6. The van der Waals surface area contributed by atoms with Crippen LogP contribution in [-0.4, -0.2) is 52.2 Å². The fourth-order valence-electron chi connectivity index (χ4n) is 3.64. The predicted molar refractivity (Wildman–Crippen MR) is 115 cm³/mol. The lowest BCUT2D eigenvalue weighted by Crippen LogP contribution is -2.37. The predicted octanol–water partition coefficient (Wildman–Crippen LogP) is 3.49. The molecule has 1 saturated heterocycles. The number of anilines is 2. The van der Waals surface area contributed by atoms with E-state index in [9.17, 15) is 9.90 Å². The number of amides is 1. The van der Waals surface area contributed by atoms with Crippen molar-refractivity contribution >= 4 is 17.5 Å². The Hall–Kier alpha value is -3.45. The van der Waals surface area contributed by atoms with E-state index >= 15 is 0 Å². The molecular formula is C23H24N4O3. The van der Waals surface area contributed by atoms with E-state index in [0.717, 1.165) is 35.4 Å². The van der Waals surface area contributed by atoms with E-state index in [0.29, 0.717) is 18.1 Å². The van der Waals surface area contributed by atoms with Gasteiger partial charge in [-0.3, -0.25) is 4.79 Å². The summed E-state index contributed by atoms with van der Waals surface area (Å²) in [4.78, 5) is 23.3. The number of hydrogen-bond donors (Lipinski definition) is 2. The van der Waals surface area contributed by atoms with Crippen LogP contribution in [0.5, 0.6) is 5.75 Å².